The zero-order chi connectivity index (χ0) is 28.9. The predicted octanol–water partition coefficient (Wildman–Crippen LogP) is 5.75. The lowest BCUT2D eigenvalue weighted by molar-refractivity contribution is -0.370. The van der Waals surface area contributed by atoms with Gasteiger partial charge in [0, 0.05) is 16.5 Å². The molecule has 204 valence electrons. The molecule has 3 aromatic rings. The molecule has 1 aliphatic carbocycles. The molecule has 0 unspecified atom stereocenters. The van der Waals surface area contributed by atoms with Crippen LogP contribution in [0, 0.1) is 0 Å². The number of thiocarbonyl (C=S) groups is 1. The Kier molecular flexibility index (Phi) is 7.83. The van der Waals surface area contributed by atoms with E-state index < -0.39 is 5.91 Å². The molecule has 0 radical (unpaired) electrons. The number of aliphatic hydroxyl groups is 1. The summed E-state index contributed by atoms with van der Waals surface area (Å²) in [7, 11) is 0. The molecule has 2 aromatic carbocycles. The van der Waals surface area contributed by atoms with Gasteiger partial charge in [-0.15, -0.1) is 10.1 Å². The Bertz CT molecular complexity index is 1720. The number of amides is 1. The summed E-state index contributed by atoms with van der Waals surface area (Å²) in [6, 6.07) is 16.3. The van der Waals surface area contributed by atoms with Gasteiger partial charge in [0.25, 0.3) is 0 Å². The third-order valence-corrected chi connectivity index (χ3v) is 6.30. The summed E-state index contributed by atoms with van der Waals surface area (Å²) in [6.45, 7) is 6.70. The van der Waals surface area contributed by atoms with Crippen molar-refractivity contribution in [1.82, 2.24) is 15.1 Å². The fraction of sp³-hybridized carbons (Fsp3) is 0. The van der Waals surface area contributed by atoms with Crippen molar-refractivity contribution >= 4 is 57.3 Å². The minimum Gasteiger partial charge on any atom is -0.506 e. The second kappa shape index (κ2) is 11.8. The summed E-state index contributed by atoms with van der Waals surface area (Å²) < 4.78 is 0. The number of hydrogen-bond acceptors (Lipinski definition) is 9. The smallest absolute Gasteiger partial charge is 0.306 e. The normalized spacial score (nSPS) is 16.1. The third kappa shape index (κ3) is 5.28. The first kappa shape index (κ1) is 27.2. The van der Waals surface area contributed by atoms with Crippen molar-refractivity contribution in [3.63, 3.8) is 0 Å². The number of fused-ring (bicyclic) bond motifs is 2. The van der Waals surface area contributed by atoms with Crippen molar-refractivity contribution in [2.45, 2.75) is 0 Å². The molecular weight excluding hydrogens is 546 g/mol. The molecule has 0 atom stereocenters. The van der Waals surface area contributed by atoms with Crippen LogP contribution in [-0.4, -0.2) is 37.0 Å². The lowest BCUT2D eigenvalue weighted by Crippen LogP contribution is -2.32. The van der Waals surface area contributed by atoms with E-state index in [9.17, 15) is 14.7 Å². The molecule has 2 aliphatic rings. The first-order valence-electron chi connectivity index (χ1n) is 12.1. The number of ketones is 1. The second-order valence-corrected chi connectivity index (χ2v) is 8.76. The van der Waals surface area contributed by atoms with Crippen LogP contribution in [0.3, 0.4) is 0 Å². The van der Waals surface area contributed by atoms with Crippen molar-refractivity contribution in [3.8, 4) is 0 Å². The highest BCUT2D eigenvalue weighted by molar-refractivity contribution is 7.80. The van der Waals surface area contributed by atoms with E-state index in [2.05, 4.69) is 27.9 Å². The number of carbonyl (C=O) groups excluding carboxylic acids is 2. The van der Waals surface area contributed by atoms with Crippen LogP contribution < -0.4 is 0 Å². The Morgan fingerprint density at radius 3 is 2.41 bits per heavy atom. The van der Waals surface area contributed by atoms with E-state index in [0.717, 1.165) is 34.1 Å². The third-order valence-electron chi connectivity index (χ3n) is 5.97. The molecule has 1 N–H and O–H groups in total. The average molecular weight is 568 g/mol. The van der Waals surface area contributed by atoms with Crippen molar-refractivity contribution in [1.29, 1.82) is 0 Å². The van der Waals surface area contributed by atoms with E-state index in [1.807, 2.05) is 30.3 Å². The van der Waals surface area contributed by atoms with Crippen LogP contribution in [0.1, 0.15) is 27.2 Å². The molecule has 1 fully saturated rings. The number of allylic oxidation sites excluding steroid dienone is 5. The monoisotopic (exact) mass is 567 g/mol. The van der Waals surface area contributed by atoms with Gasteiger partial charge in [0.2, 0.25) is 5.11 Å². The number of nitrogens with zero attached hydrogens (tertiary/aromatic N) is 3. The van der Waals surface area contributed by atoms with E-state index in [1.54, 1.807) is 48.6 Å². The molecule has 10 nitrogen and oxygen atoms in total. The molecule has 1 amide bonds. The number of para-hydroxylation sites is 1. The van der Waals surface area contributed by atoms with Crippen molar-refractivity contribution in [2.24, 2.45) is 0 Å². The maximum absolute atomic E-state index is 13.3. The molecule has 0 saturated carbocycles. The van der Waals surface area contributed by atoms with Gasteiger partial charge in [-0.2, -0.15) is 0 Å². The maximum atomic E-state index is 13.3. The Morgan fingerprint density at radius 2 is 1.63 bits per heavy atom. The fourth-order valence-electron chi connectivity index (χ4n) is 4.14. The lowest BCUT2D eigenvalue weighted by Gasteiger charge is -2.14. The number of hydrogen-bond donors (Lipinski definition) is 1. The Hall–Kier alpha value is -5.36. The van der Waals surface area contributed by atoms with Gasteiger partial charge in [0.05, 0.1) is 16.8 Å². The minimum absolute atomic E-state index is 0.0336. The number of rotatable bonds is 10. The van der Waals surface area contributed by atoms with Crippen LogP contribution in [-0.2, 0) is 24.5 Å². The SMILES string of the molecule is C=COON1C(=O)\C(=C/C=C/C=C/c2ccc3c(c2)C(=O)C(c2ccc4ccccc4n2)=C3O)N(OOC=C)C1=S. The van der Waals surface area contributed by atoms with E-state index in [4.69, 9.17) is 22.2 Å². The molecule has 2 heterocycles. The molecule has 11 heteroatoms. The molecule has 0 bridgehead atoms. The van der Waals surface area contributed by atoms with E-state index in [1.165, 1.54) is 6.08 Å². The first-order valence-corrected chi connectivity index (χ1v) is 12.5. The molecule has 41 heavy (non-hydrogen) atoms. The van der Waals surface area contributed by atoms with Crippen molar-refractivity contribution in [3.05, 3.63) is 133 Å². The number of pyridine rings is 1. The minimum atomic E-state index is -0.681. The average Bonchev–Trinajstić information content (AvgIpc) is 3.37. The van der Waals surface area contributed by atoms with Crippen LogP contribution >= 0.6 is 12.2 Å². The van der Waals surface area contributed by atoms with Gasteiger partial charge < -0.3 is 14.9 Å². The zero-order valence-electron chi connectivity index (χ0n) is 21.3. The Morgan fingerprint density at radius 1 is 0.878 bits per heavy atom. The van der Waals surface area contributed by atoms with Crippen LogP contribution in [0.15, 0.2) is 110 Å². The van der Waals surface area contributed by atoms with Crippen molar-refractivity contribution < 1.29 is 34.4 Å². The molecule has 1 aromatic heterocycles. The highest BCUT2D eigenvalue weighted by Gasteiger charge is 2.42. The van der Waals surface area contributed by atoms with Crippen LogP contribution in [0.2, 0.25) is 0 Å². The molecule has 5 rings (SSSR count). The maximum Gasteiger partial charge on any atom is 0.306 e. The Balaban J connectivity index is 1.32. The number of carbonyl (C=O) groups is 2. The van der Waals surface area contributed by atoms with Gasteiger partial charge in [0.15, 0.2) is 5.78 Å². The number of aliphatic hydroxyl groups excluding tert-OH is 1. The summed E-state index contributed by atoms with van der Waals surface area (Å²) >= 11 is 5.15. The highest BCUT2D eigenvalue weighted by Crippen LogP contribution is 2.37. The van der Waals surface area contributed by atoms with Gasteiger partial charge in [-0.05, 0) is 53.1 Å². The fourth-order valence-corrected chi connectivity index (χ4v) is 4.39. The molecular formula is C30H21N3O7S. The van der Waals surface area contributed by atoms with Gasteiger partial charge in [-0.1, -0.05) is 72.8 Å². The number of Topliss-reactive ketones (excluding diaryl/α,β-unsaturated/α-hetero) is 1. The Labute approximate surface area is 239 Å². The van der Waals surface area contributed by atoms with Crippen LogP contribution in [0.4, 0.5) is 0 Å². The van der Waals surface area contributed by atoms with Crippen LogP contribution in [0.5, 0.6) is 0 Å². The largest absolute Gasteiger partial charge is 0.506 e. The van der Waals surface area contributed by atoms with E-state index >= 15 is 0 Å². The van der Waals surface area contributed by atoms with Gasteiger partial charge in [0.1, 0.15) is 24.0 Å². The quantitative estimate of drug-likeness (QED) is 0.0812. The standard InChI is InChI=1S/C30H21N3O7S/c1-3-37-39-32-25(29(36)33(30(32)41)40-38-4-2)13-7-5-6-10-19-14-16-21-22(18-19)28(35)26(27(21)34)24-17-15-20-11-8-9-12-23(20)31-24/h3-18,34H,1-2H2/b7-5+,10-6+,25-13+. The van der Waals surface area contributed by atoms with Gasteiger partial charge in [-0.3, -0.25) is 9.59 Å². The van der Waals surface area contributed by atoms with Crippen LogP contribution in [0.25, 0.3) is 28.3 Å². The van der Waals surface area contributed by atoms with Gasteiger partial charge in [-0.25, -0.2) is 4.98 Å². The summed E-state index contributed by atoms with van der Waals surface area (Å²) in [5.74, 6) is -1.09. The number of hydroxylamine groups is 4. The van der Waals surface area contributed by atoms with Gasteiger partial charge >= 0.3 is 5.91 Å². The molecule has 1 saturated heterocycles. The summed E-state index contributed by atoms with van der Waals surface area (Å²) in [5, 5.41) is 13.2. The van der Waals surface area contributed by atoms with E-state index in [0.29, 0.717) is 21.9 Å². The van der Waals surface area contributed by atoms with Crippen molar-refractivity contribution in [2.75, 3.05) is 0 Å². The molecule has 0 spiro atoms. The highest BCUT2D eigenvalue weighted by atomic mass is 32.1. The first-order chi connectivity index (χ1) is 19.9. The summed E-state index contributed by atoms with van der Waals surface area (Å²) in [5.41, 5.74) is 2.82. The predicted molar refractivity (Wildman–Crippen MR) is 154 cm³/mol. The lowest BCUT2D eigenvalue weighted by atomic mass is 10.0. The topological polar surface area (TPSA) is 111 Å². The second-order valence-electron chi connectivity index (χ2n) is 8.39. The molecule has 1 aliphatic heterocycles. The van der Waals surface area contributed by atoms with E-state index in [-0.39, 0.29) is 27.9 Å². The summed E-state index contributed by atoms with van der Waals surface area (Å²) in [6.07, 6.45) is 10.1. The number of benzene rings is 2. The summed E-state index contributed by atoms with van der Waals surface area (Å²) in [4.78, 5) is 49.5. The zero-order valence-corrected chi connectivity index (χ0v) is 22.1. The number of aromatic nitrogens is 1.